The van der Waals surface area contributed by atoms with Crippen LogP contribution in [0.2, 0.25) is 0 Å². The standard InChI is InChI=1S/C17H22N4O3S2/c1-12(15(22)18-11-13-5-3-4-6-14(13)23-2)25-17-20-19-16(26-17)21-7-9-24-10-8-21/h3-6,12H,7-11H2,1-2H3,(H,18,22). The Hall–Kier alpha value is -1.84. The number of anilines is 1. The molecular formula is C17H22N4O3S2. The Kier molecular flexibility index (Phi) is 6.70. The van der Waals surface area contributed by atoms with Crippen LogP contribution in [0.1, 0.15) is 12.5 Å². The molecule has 1 aromatic carbocycles. The maximum absolute atomic E-state index is 12.4. The van der Waals surface area contributed by atoms with Crippen molar-refractivity contribution in [1.82, 2.24) is 15.5 Å². The Labute approximate surface area is 161 Å². The lowest BCUT2D eigenvalue weighted by atomic mass is 10.2. The molecule has 3 rings (SSSR count). The Bertz CT molecular complexity index is 734. The van der Waals surface area contributed by atoms with Crippen molar-refractivity contribution >= 4 is 34.1 Å². The summed E-state index contributed by atoms with van der Waals surface area (Å²) in [6, 6.07) is 7.66. The maximum Gasteiger partial charge on any atom is 0.233 e. The van der Waals surface area contributed by atoms with Crippen molar-refractivity contribution in [2.75, 3.05) is 38.3 Å². The van der Waals surface area contributed by atoms with Crippen molar-refractivity contribution in [3.05, 3.63) is 29.8 Å². The van der Waals surface area contributed by atoms with Gasteiger partial charge in [0.25, 0.3) is 0 Å². The minimum Gasteiger partial charge on any atom is -0.496 e. The van der Waals surface area contributed by atoms with Gasteiger partial charge in [0.2, 0.25) is 11.0 Å². The van der Waals surface area contributed by atoms with Crippen LogP contribution < -0.4 is 15.0 Å². The zero-order valence-corrected chi connectivity index (χ0v) is 16.4. The van der Waals surface area contributed by atoms with E-state index >= 15 is 0 Å². The highest BCUT2D eigenvalue weighted by Crippen LogP contribution is 2.31. The summed E-state index contributed by atoms with van der Waals surface area (Å²) in [5.41, 5.74) is 0.950. The van der Waals surface area contributed by atoms with Crippen molar-refractivity contribution in [1.29, 1.82) is 0 Å². The maximum atomic E-state index is 12.4. The molecule has 0 saturated carbocycles. The number of aromatic nitrogens is 2. The molecule has 1 unspecified atom stereocenters. The molecular weight excluding hydrogens is 372 g/mol. The summed E-state index contributed by atoms with van der Waals surface area (Å²) in [7, 11) is 1.63. The van der Waals surface area contributed by atoms with E-state index in [0.29, 0.717) is 19.8 Å². The third kappa shape index (κ3) is 4.87. The van der Waals surface area contributed by atoms with Crippen molar-refractivity contribution in [2.24, 2.45) is 0 Å². The number of rotatable bonds is 7. The molecule has 0 bridgehead atoms. The number of amides is 1. The summed E-state index contributed by atoms with van der Waals surface area (Å²) in [5, 5.41) is 12.0. The molecule has 0 radical (unpaired) electrons. The molecule has 2 heterocycles. The number of nitrogens with zero attached hydrogens (tertiary/aromatic N) is 3. The molecule has 26 heavy (non-hydrogen) atoms. The lowest BCUT2D eigenvalue weighted by molar-refractivity contribution is -0.120. The third-order valence-electron chi connectivity index (χ3n) is 3.97. The van der Waals surface area contributed by atoms with Gasteiger partial charge < -0.3 is 19.7 Å². The van der Waals surface area contributed by atoms with E-state index in [1.54, 1.807) is 7.11 Å². The van der Waals surface area contributed by atoms with E-state index in [1.807, 2.05) is 31.2 Å². The highest BCUT2D eigenvalue weighted by Gasteiger charge is 2.20. The second-order valence-corrected chi connectivity index (χ2v) is 8.28. The van der Waals surface area contributed by atoms with Gasteiger partial charge in [-0.2, -0.15) is 0 Å². The van der Waals surface area contributed by atoms with Crippen LogP contribution in [0, 0.1) is 0 Å². The average Bonchev–Trinajstić information content (AvgIpc) is 3.15. The van der Waals surface area contributed by atoms with E-state index in [0.717, 1.165) is 33.9 Å². The molecule has 1 amide bonds. The second kappa shape index (κ2) is 9.20. The summed E-state index contributed by atoms with van der Waals surface area (Å²) < 4.78 is 11.5. The summed E-state index contributed by atoms with van der Waals surface area (Å²) in [4.78, 5) is 14.5. The quantitative estimate of drug-likeness (QED) is 0.721. The predicted octanol–water partition coefficient (Wildman–Crippen LogP) is 2.18. The largest absolute Gasteiger partial charge is 0.496 e. The first-order chi connectivity index (χ1) is 12.7. The van der Waals surface area contributed by atoms with Gasteiger partial charge in [0.05, 0.1) is 25.6 Å². The summed E-state index contributed by atoms with van der Waals surface area (Å²) in [6.45, 7) is 5.39. The number of nitrogens with one attached hydrogen (secondary N) is 1. The number of carbonyl (C=O) groups excluding carboxylic acids is 1. The molecule has 9 heteroatoms. The number of morpholine rings is 1. The first kappa shape index (κ1) is 18.9. The highest BCUT2D eigenvalue weighted by atomic mass is 32.2. The van der Waals surface area contributed by atoms with Gasteiger partial charge in [0, 0.05) is 25.2 Å². The summed E-state index contributed by atoms with van der Waals surface area (Å²) >= 11 is 2.94. The molecule has 1 saturated heterocycles. The molecule has 7 nitrogen and oxygen atoms in total. The molecule has 0 aliphatic carbocycles. The van der Waals surface area contributed by atoms with Crippen molar-refractivity contribution in [3.8, 4) is 5.75 Å². The highest BCUT2D eigenvalue weighted by molar-refractivity contribution is 8.02. The first-order valence-corrected chi connectivity index (χ1v) is 10.1. The van der Waals surface area contributed by atoms with Crippen LogP contribution in [-0.2, 0) is 16.1 Å². The topological polar surface area (TPSA) is 76.6 Å². The Morgan fingerprint density at radius 3 is 2.92 bits per heavy atom. The molecule has 1 aromatic heterocycles. The minimum atomic E-state index is -0.254. The molecule has 2 aromatic rings. The lowest BCUT2D eigenvalue weighted by Gasteiger charge is -2.25. The van der Waals surface area contributed by atoms with Gasteiger partial charge >= 0.3 is 0 Å². The van der Waals surface area contributed by atoms with Crippen molar-refractivity contribution in [2.45, 2.75) is 23.1 Å². The Balaban J connectivity index is 1.52. The summed E-state index contributed by atoms with van der Waals surface area (Å²) in [6.07, 6.45) is 0. The fourth-order valence-corrected chi connectivity index (χ4v) is 4.57. The van der Waals surface area contributed by atoms with Crippen LogP contribution in [0.5, 0.6) is 5.75 Å². The van der Waals surface area contributed by atoms with Crippen LogP contribution in [0.15, 0.2) is 28.6 Å². The minimum absolute atomic E-state index is 0.0379. The number of ether oxygens (including phenoxy) is 2. The smallest absolute Gasteiger partial charge is 0.233 e. The zero-order chi connectivity index (χ0) is 18.4. The third-order valence-corrected chi connectivity index (χ3v) is 6.14. The predicted molar refractivity (Wildman–Crippen MR) is 103 cm³/mol. The SMILES string of the molecule is COc1ccccc1CNC(=O)C(C)Sc1nnc(N2CCOCC2)s1. The second-order valence-electron chi connectivity index (χ2n) is 5.74. The molecule has 1 N–H and O–H groups in total. The van der Waals surface area contributed by atoms with E-state index < -0.39 is 0 Å². The fourth-order valence-electron chi connectivity index (χ4n) is 2.51. The lowest BCUT2D eigenvalue weighted by Crippen LogP contribution is -2.36. The molecule has 1 atom stereocenters. The van der Waals surface area contributed by atoms with Crippen LogP contribution in [-0.4, -0.2) is 54.8 Å². The van der Waals surface area contributed by atoms with E-state index in [9.17, 15) is 4.79 Å². The number of methoxy groups -OCH3 is 1. The molecule has 1 aliphatic rings. The van der Waals surface area contributed by atoms with Gasteiger partial charge in [0.1, 0.15) is 5.75 Å². The van der Waals surface area contributed by atoms with E-state index in [2.05, 4.69) is 20.4 Å². The summed E-state index contributed by atoms with van der Waals surface area (Å²) in [5.74, 6) is 0.733. The van der Waals surface area contributed by atoms with Crippen LogP contribution in [0.25, 0.3) is 0 Å². The van der Waals surface area contributed by atoms with E-state index in [1.165, 1.54) is 23.1 Å². The Morgan fingerprint density at radius 1 is 1.38 bits per heavy atom. The first-order valence-electron chi connectivity index (χ1n) is 8.40. The number of benzene rings is 1. The number of hydrogen-bond acceptors (Lipinski definition) is 8. The van der Waals surface area contributed by atoms with E-state index in [4.69, 9.17) is 9.47 Å². The number of para-hydroxylation sites is 1. The molecule has 1 fully saturated rings. The van der Waals surface area contributed by atoms with Gasteiger partial charge in [-0.25, -0.2) is 0 Å². The average molecular weight is 395 g/mol. The van der Waals surface area contributed by atoms with Crippen LogP contribution in [0.4, 0.5) is 5.13 Å². The van der Waals surface area contributed by atoms with Gasteiger partial charge in [-0.15, -0.1) is 10.2 Å². The Morgan fingerprint density at radius 2 is 2.15 bits per heavy atom. The van der Waals surface area contributed by atoms with Gasteiger partial charge in [-0.05, 0) is 13.0 Å². The van der Waals surface area contributed by atoms with Gasteiger partial charge in [-0.1, -0.05) is 41.3 Å². The monoisotopic (exact) mass is 394 g/mol. The normalized spacial score (nSPS) is 15.5. The van der Waals surface area contributed by atoms with Gasteiger partial charge in [0.15, 0.2) is 4.34 Å². The fraction of sp³-hybridized carbons (Fsp3) is 0.471. The van der Waals surface area contributed by atoms with Crippen molar-refractivity contribution in [3.63, 3.8) is 0 Å². The van der Waals surface area contributed by atoms with Gasteiger partial charge in [-0.3, -0.25) is 4.79 Å². The number of carbonyl (C=O) groups is 1. The van der Waals surface area contributed by atoms with E-state index in [-0.39, 0.29) is 11.2 Å². The molecule has 0 spiro atoms. The van der Waals surface area contributed by atoms with Crippen LogP contribution >= 0.6 is 23.1 Å². The van der Waals surface area contributed by atoms with Crippen LogP contribution in [0.3, 0.4) is 0 Å². The zero-order valence-electron chi connectivity index (χ0n) is 14.8. The number of hydrogen-bond donors (Lipinski definition) is 1. The number of thioether (sulfide) groups is 1. The molecule has 140 valence electrons. The van der Waals surface area contributed by atoms with Crippen molar-refractivity contribution < 1.29 is 14.3 Å². The molecule has 1 aliphatic heterocycles.